The van der Waals surface area contributed by atoms with E-state index in [1.54, 1.807) is 4.90 Å². The average Bonchev–Trinajstić information content (AvgIpc) is 2.93. The molecule has 1 aliphatic rings. The van der Waals surface area contributed by atoms with E-state index in [0.29, 0.717) is 26.2 Å². The number of nitrogens with zero attached hydrogens (tertiary/aromatic N) is 1. The predicted octanol–water partition coefficient (Wildman–Crippen LogP) is 0.923. The van der Waals surface area contributed by atoms with Crippen LogP contribution in [0, 0.1) is 11.8 Å². The van der Waals surface area contributed by atoms with Gasteiger partial charge in [-0.1, -0.05) is 44.2 Å². The molecule has 2 rings (SSSR count). The topological polar surface area (TPSA) is 78.5 Å². The van der Waals surface area contributed by atoms with Crippen LogP contribution in [-0.2, 0) is 20.9 Å². The highest BCUT2D eigenvalue weighted by Crippen LogP contribution is 2.20. The fraction of sp³-hybridized carbons (Fsp3) is 0.500. The maximum Gasteiger partial charge on any atom is 0.225 e. The maximum atomic E-state index is 12.2. The Labute approximate surface area is 142 Å². The SMILES string of the molecule is CC(C)C(=O)NCCNC(=O)[C@H]1CC(=O)N(Cc2ccccc2)C1. The lowest BCUT2D eigenvalue weighted by atomic mass is 10.1. The second kappa shape index (κ2) is 8.47. The summed E-state index contributed by atoms with van der Waals surface area (Å²) < 4.78 is 0. The Morgan fingerprint density at radius 2 is 1.83 bits per heavy atom. The van der Waals surface area contributed by atoms with Crippen LogP contribution in [0.15, 0.2) is 30.3 Å². The molecule has 0 spiro atoms. The zero-order valence-corrected chi connectivity index (χ0v) is 14.2. The van der Waals surface area contributed by atoms with E-state index < -0.39 is 0 Å². The Bertz CT molecular complexity index is 586. The smallest absolute Gasteiger partial charge is 0.225 e. The van der Waals surface area contributed by atoms with Gasteiger partial charge in [-0.15, -0.1) is 0 Å². The number of hydrogen-bond acceptors (Lipinski definition) is 3. The zero-order valence-electron chi connectivity index (χ0n) is 14.2. The van der Waals surface area contributed by atoms with Crippen LogP contribution < -0.4 is 10.6 Å². The van der Waals surface area contributed by atoms with Crippen molar-refractivity contribution in [2.45, 2.75) is 26.8 Å². The summed E-state index contributed by atoms with van der Waals surface area (Å²) in [5.74, 6) is -0.541. The van der Waals surface area contributed by atoms with Crippen molar-refractivity contribution in [1.82, 2.24) is 15.5 Å². The fourth-order valence-electron chi connectivity index (χ4n) is 2.62. The van der Waals surface area contributed by atoms with E-state index in [0.717, 1.165) is 5.56 Å². The van der Waals surface area contributed by atoms with Crippen LogP contribution in [0.1, 0.15) is 25.8 Å². The van der Waals surface area contributed by atoms with Crippen molar-refractivity contribution >= 4 is 17.7 Å². The summed E-state index contributed by atoms with van der Waals surface area (Å²) in [6, 6.07) is 9.75. The molecule has 1 heterocycles. The number of carbonyl (C=O) groups excluding carboxylic acids is 3. The molecule has 130 valence electrons. The third-order valence-electron chi connectivity index (χ3n) is 4.05. The predicted molar refractivity (Wildman–Crippen MR) is 90.8 cm³/mol. The minimum absolute atomic E-state index is 0.00659. The largest absolute Gasteiger partial charge is 0.354 e. The lowest BCUT2D eigenvalue weighted by Gasteiger charge is -2.16. The van der Waals surface area contributed by atoms with E-state index >= 15 is 0 Å². The number of nitrogens with one attached hydrogen (secondary N) is 2. The molecule has 0 aromatic heterocycles. The molecule has 1 aliphatic heterocycles. The van der Waals surface area contributed by atoms with Gasteiger partial charge in [0, 0.05) is 38.5 Å². The molecule has 0 bridgehead atoms. The monoisotopic (exact) mass is 331 g/mol. The van der Waals surface area contributed by atoms with Crippen LogP contribution in [0.3, 0.4) is 0 Å². The molecule has 6 nitrogen and oxygen atoms in total. The van der Waals surface area contributed by atoms with Gasteiger partial charge in [0.1, 0.15) is 0 Å². The molecule has 6 heteroatoms. The second-order valence-electron chi connectivity index (χ2n) is 6.40. The Balaban J connectivity index is 1.74. The average molecular weight is 331 g/mol. The third kappa shape index (κ3) is 5.08. The molecule has 3 amide bonds. The summed E-state index contributed by atoms with van der Waals surface area (Å²) in [7, 11) is 0. The summed E-state index contributed by atoms with van der Waals surface area (Å²) in [4.78, 5) is 37.4. The van der Waals surface area contributed by atoms with Gasteiger partial charge in [-0.2, -0.15) is 0 Å². The first-order valence-electron chi connectivity index (χ1n) is 8.34. The summed E-state index contributed by atoms with van der Waals surface area (Å²) in [5.41, 5.74) is 1.06. The maximum absolute atomic E-state index is 12.2. The molecule has 0 aliphatic carbocycles. The molecular formula is C18H25N3O3. The van der Waals surface area contributed by atoms with E-state index in [-0.39, 0.29) is 36.0 Å². The van der Waals surface area contributed by atoms with Gasteiger partial charge in [-0.25, -0.2) is 0 Å². The normalized spacial score (nSPS) is 17.2. The first kappa shape index (κ1) is 18.0. The molecule has 1 atom stereocenters. The summed E-state index contributed by atoms with van der Waals surface area (Å²) in [6.07, 6.45) is 0.247. The zero-order chi connectivity index (χ0) is 17.5. The van der Waals surface area contributed by atoms with Gasteiger partial charge < -0.3 is 15.5 Å². The van der Waals surface area contributed by atoms with Crippen molar-refractivity contribution in [2.24, 2.45) is 11.8 Å². The highest BCUT2D eigenvalue weighted by Gasteiger charge is 2.33. The first-order valence-corrected chi connectivity index (χ1v) is 8.34. The van der Waals surface area contributed by atoms with E-state index in [1.165, 1.54) is 0 Å². The number of rotatable bonds is 7. The third-order valence-corrected chi connectivity index (χ3v) is 4.05. The van der Waals surface area contributed by atoms with Crippen LogP contribution in [0.5, 0.6) is 0 Å². The minimum atomic E-state index is -0.318. The van der Waals surface area contributed by atoms with Gasteiger partial charge in [0.2, 0.25) is 17.7 Å². The van der Waals surface area contributed by atoms with Crippen LogP contribution in [0.4, 0.5) is 0 Å². The Kier molecular flexibility index (Phi) is 6.35. The van der Waals surface area contributed by atoms with Gasteiger partial charge >= 0.3 is 0 Å². The standard InChI is InChI=1S/C18H25N3O3/c1-13(2)17(23)19-8-9-20-18(24)15-10-16(22)21(12-15)11-14-6-4-3-5-7-14/h3-7,13,15H,8-12H2,1-2H3,(H,19,23)(H,20,24)/t15-/m0/s1. The second-order valence-corrected chi connectivity index (χ2v) is 6.40. The van der Waals surface area contributed by atoms with Crippen molar-refractivity contribution in [3.8, 4) is 0 Å². The molecular weight excluding hydrogens is 306 g/mol. The lowest BCUT2D eigenvalue weighted by Crippen LogP contribution is -2.39. The molecule has 24 heavy (non-hydrogen) atoms. The highest BCUT2D eigenvalue weighted by atomic mass is 16.2. The molecule has 1 saturated heterocycles. The van der Waals surface area contributed by atoms with Gasteiger partial charge in [-0.05, 0) is 5.56 Å². The van der Waals surface area contributed by atoms with Gasteiger partial charge in [0.15, 0.2) is 0 Å². The summed E-state index contributed by atoms with van der Waals surface area (Å²) in [6.45, 7) is 5.39. The number of hydrogen-bond donors (Lipinski definition) is 2. The van der Waals surface area contributed by atoms with Crippen molar-refractivity contribution in [3.63, 3.8) is 0 Å². The number of benzene rings is 1. The highest BCUT2D eigenvalue weighted by molar-refractivity contribution is 5.89. The number of carbonyl (C=O) groups is 3. The Morgan fingerprint density at radius 1 is 1.17 bits per heavy atom. The molecule has 2 N–H and O–H groups in total. The first-order chi connectivity index (χ1) is 11.5. The van der Waals surface area contributed by atoms with E-state index in [1.807, 2.05) is 44.2 Å². The van der Waals surface area contributed by atoms with Gasteiger partial charge in [-0.3, -0.25) is 14.4 Å². The minimum Gasteiger partial charge on any atom is -0.354 e. The van der Waals surface area contributed by atoms with Gasteiger partial charge in [0.05, 0.1) is 5.92 Å². The Morgan fingerprint density at radius 3 is 2.50 bits per heavy atom. The summed E-state index contributed by atoms with van der Waals surface area (Å²) >= 11 is 0. The molecule has 0 radical (unpaired) electrons. The number of likely N-dealkylation sites (tertiary alicyclic amines) is 1. The molecule has 0 unspecified atom stereocenters. The van der Waals surface area contributed by atoms with Crippen LogP contribution in [0.25, 0.3) is 0 Å². The molecule has 1 aromatic rings. The van der Waals surface area contributed by atoms with Gasteiger partial charge in [0.25, 0.3) is 0 Å². The quantitative estimate of drug-likeness (QED) is 0.730. The van der Waals surface area contributed by atoms with Crippen LogP contribution in [0.2, 0.25) is 0 Å². The lowest BCUT2D eigenvalue weighted by molar-refractivity contribution is -0.129. The molecule has 0 saturated carbocycles. The van der Waals surface area contributed by atoms with E-state index in [4.69, 9.17) is 0 Å². The van der Waals surface area contributed by atoms with Crippen molar-refractivity contribution in [3.05, 3.63) is 35.9 Å². The molecule has 1 aromatic carbocycles. The summed E-state index contributed by atoms with van der Waals surface area (Å²) in [5, 5.41) is 5.54. The van der Waals surface area contributed by atoms with Crippen molar-refractivity contribution in [2.75, 3.05) is 19.6 Å². The van der Waals surface area contributed by atoms with Crippen molar-refractivity contribution < 1.29 is 14.4 Å². The molecule has 1 fully saturated rings. The fourth-order valence-corrected chi connectivity index (χ4v) is 2.62. The van der Waals surface area contributed by atoms with E-state index in [9.17, 15) is 14.4 Å². The van der Waals surface area contributed by atoms with Crippen LogP contribution in [-0.4, -0.2) is 42.3 Å². The Hall–Kier alpha value is -2.37. The number of amides is 3. The van der Waals surface area contributed by atoms with Crippen molar-refractivity contribution in [1.29, 1.82) is 0 Å². The van der Waals surface area contributed by atoms with Crippen LogP contribution >= 0.6 is 0 Å². The van der Waals surface area contributed by atoms with E-state index in [2.05, 4.69) is 10.6 Å².